The van der Waals surface area contributed by atoms with E-state index >= 15 is 0 Å². The van der Waals surface area contributed by atoms with Crippen LogP contribution in [0.4, 0.5) is 0 Å². The van der Waals surface area contributed by atoms with E-state index < -0.39 is 5.60 Å². The van der Waals surface area contributed by atoms with Gasteiger partial charge in [-0.1, -0.05) is 48.5 Å². The van der Waals surface area contributed by atoms with Crippen LogP contribution in [-0.2, 0) is 5.60 Å². The number of rotatable bonds is 4. The summed E-state index contributed by atoms with van der Waals surface area (Å²) in [5.74, 6) is 0.975. The fourth-order valence-corrected chi connectivity index (χ4v) is 5.20. The zero-order valence-corrected chi connectivity index (χ0v) is 17.0. The van der Waals surface area contributed by atoms with Gasteiger partial charge in [0.1, 0.15) is 18.0 Å². The van der Waals surface area contributed by atoms with E-state index in [0.29, 0.717) is 6.61 Å². The van der Waals surface area contributed by atoms with Crippen molar-refractivity contribution in [3.8, 4) is 5.75 Å². The van der Waals surface area contributed by atoms with E-state index in [1.54, 1.807) is 0 Å². The quantitative estimate of drug-likeness (QED) is 0.867. The fourth-order valence-electron chi connectivity index (χ4n) is 5.20. The second-order valence-corrected chi connectivity index (χ2v) is 8.66. The van der Waals surface area contributed by atoms with Gasteiger partial charge >= 0.3 is 0 Å². The van der Waals surface area contributed by atoms with Crippen LogP contribution in [-0.4, -0.2) is 60.3 Å². The van der Waals surface area contributed by atoms with Crippen LogP contribution in [0.1, 0.15) is 30.4 Å². The largest absolute Gasteiger partial charge is 0.489 e. The number of nitrogens with zero attached hydrogens (tertiary/aromatic N) is 2. The average molecular weight is 391 g/mol. The molecule has 29 heavy (non-hydrogen) atoms. The first-order valence-electron chi connectivity index (χ1n) is 10.9. The molecule has 0 aromatic heterocycles. The summed E-state index contributed by atoms with van der Waals surface area (Å²) in [4.78, 5) is 5.02. The first-order chi connectivity index (χ1) is 14.2. The molecular formula is C25H30N2O2. The number of likely N-dealkylation sites (tertiary alicyclic amines) is 2. The van der Waals surface area contributed by atoms with Crippen LogP contribution in [0.25, 0.3) is 6.08 Å². The molecule has 0 radical (unpaired) electrons. The topological polar surface area (TPSA) is 35.9 Å². The smallest absolute Gasteiger partial charge is 0.127 e. The average Bonchev–Trinajstić information content (AvgIpc) is 3.30. The van der Waals surface area contributed by atoms with Crippen LogP contribution < -0.4 is 4.74 Å². The van der Waals surface area contributed by atoms with Gasteiger partial charge in [0, 0.05) is 25.2 Å². The fraction of sp³-hybridized carbons (Fsp3) is 0.440. The second kappa shape index (κ2) is 7.94. The van der Waals surface area contributed by atoms with Gasteiger partial charge in [-0.05, 0) is 55.6 Å². The molecular weight excluding hydrogens is 360 g/mol. The molecule has 0 aliphatic carbocycles. The highest BCUT2D eigenvalue weighted by Crippen LogP contribution is 2.38. The molecule has 152 valence electrons. The van der Waals surface area contributed by atoms with Gasteiger partial charge in [0.05, 0.1) is 6.04 Å². The molecule has 2 saturated heterocycles. The van der Waals surface area contributed by atoms with E-state index in [0.717, 1.165) is 50.5 Å². The summed E-state index contributed by atoms with van der Waals surface area (Å²) in [6.07, 6.45) is 5.51. The molecule has 0 spiro atoms. The Morgan fingerprint density at radius 3 is 2.55 bits per heavy atom. The van der Waals surface area contributed by atoms with E-state index in [-0.39, 0.29) is 6.04 Å². The van der Waals surface area contributed by atoms with Crippen molar-refractivity contribution < 1.29 is 9.84 Å². The lowest BCUT2D eigenvalue weighted by Gasteiger charge is -2.49. The lowest BCUT2D eigenvalue weighted by atomic mass is 9.79. The first-order valence-corrected chi connectivity index (χ1v) is 10.9. The van der Waals surface area contributed by atoms with Gasteiger partial charge in [-0.3, -0.25) is 9.80 Å². The molecule has 2 fully saturated rings. The maximum Gasteiger partial charge on any atom is 0.127 e. The molecule has 1 N–H and O–H groups in total. The second-order valence-electron chi connectivity index (χ2n) is 8.66. The Morgan fingerprint density at radius 2 is 1.72 bits per heavy atom. The number of ether oxygens (including phenoxy) is 1. The molecule has 2 atom stereocenters. The Balaban J connectivity index is 1.36. The van der Waals surface area contributed by atoms with Crippen molar-refractivity contribution in [3.63, 3.8) is 0 Å². The van der Waals surface area contributed by atoms with Crippen LogP contribution in [0.15, 0.2) is 60.2 Å². The van der Waals surface area contributed by atoms with Crippen molar-refractivity contribution in [1.29, 1.82) is 0 Å². The number of hydrogen-bond acceptors (Lipinski definition) is 4. The van der Waals surface area contributed by atoms with E-state index in [1.165, 1.54) is 24.0 Å². The minimum absolute atomic E-state index is 0.138. The van der Waals surface area contributed by atoms with Crippen LogP contribution in [0.2, 0.25) is 0 Å². The number of hydrogen-bond donors (Lipinski definition) is 1. The maximum absolute atomic E-state index is 11.8. The summed E-state index contributed by atoms with van der Waals surface area (Å²) >= 11 is 0. The third-order valence-electron chi connectivity index (χ3n) is 6.77. The normalized spacial score (nSPS) is 27.9. The van der Waals surface area contributed by atoms with Gasteiger partial charge in [0.15, 0.2) is 0 Å². The van der Waals surface area contributed by atoms with Gasteiger partial charge in [-0.25, -0.2) is 0 Å². The summed E-state index contributed by atoms with van der Waals surface area (Å²) in [6, 6.07) is 18.7. The van der Waals surface area contributed by atoms with Crippen LogP contribution in [0, 0.1) is 0 Å². The van der Waals surface area contributed by atoms with Gasteiger partial charge in [0.25, 0.3) is 0 Å². The molecule has 0 unspecified atom stereocenters. The van der Waals surface area contributed by atoms with E-state index in [9.17, 15) is 5.11 Å². The molecule has 2 aromatic rings. The molecule has 2 aromatic carbocycles. The molecule has 3 aliphatic heterocycles. The highest BCUT2D eigenvalue weighted by Gasteiger charge is 2.46. The Bertz CT molecular complexity index is 875. The van der Waals surface area contributed by atoms with Crippen molar-refractivity contribution in [2.75, 3.05) is 39.3 Å². The molecule has 3 heterocycles. The zero-order chi connectivity index (χ0) is 19.7. The van der Waals surface area contributed by atoms with E-state index in [2.05, 4.69) is 40.1 Å². The molecule has 4 nitrogen and oxygen atoms in total. The Hall–Kier alpha value is -2.14. The van der Waals surface area contributed by atoms with Crippen LogP contribution in [0.3, 0.4) is 0 Å². The Kier molecular flexibility index (Phi) is 5.17. The summed E-state index contributed by atoms with van der Waals surface area (Å²) in [6.45, 7) is 5.53. The molecule has 0 saturated carbocycles. The maximum atomic E-state index is 11.8. The van der Waals surface area contributed by atoms with Crippen molar-refractivity contribution in [2.24, 2.45) is 0 Å². The minimum atomic E-state index is -0.772. The van der Waals surface area contributed by atoms with Crippen molar-refractivity contribution in [3.05, 3.63) is 71.3 Å². The number of benzene rings is 2. The number of para-hydroxylation sites is 1. The van der Waals surface area contributed by atoms with Gasteiger partial charge < -0.3 is 9.84 Å². The number of piperidine rings is 1. The van der Waals surface area contributed by atoms with Crippen molar-refractivity contribution in [1.82, 2.24) is 9.80 Å². The predicted octanol–water partition coefficient (Wildman–Crippen LogP) is 3.52. The standard InChI is InChI=1S/C25H30N2O2/c28-25(22-9-2-1-3-10-22)12-15-26(18-24(25)27-13-6-7-14-27)17-20-16-21-8-4-5-11-23(21)29-19-20/h1-5,8-11,16,24,28H,6-7,12-15,17-19H2/t24-,25+/m1/s1. The number of fused-ring (bicyclic) bond motifs is 1. The van der Waals surface area contributed by atoms with E-state index in [4.69, 9.17) is 4.74 Å². The lowest BCUT2D eigenvalue weighted by molar-refractivity contribution is -0.0930. The van der Waals surface area contributed by atoms with Crippen LogP contribution in [0.5, 0.6) is 5.75 Å². The number of aliphatic hydroxyl groups is 1. The summed E-state index contributed by atoms with van der Waals surface area (Å²) < 4.78 is 5.96. The Morgan fingerprint density at radius 1 is 0.966 bits per heavy atom. The summed E-state index contributed by atoms with van der Waals surface area (Å²) in [7, 11) is 0. The Labute approximate surface area is 173 Å². The highest BCUT2D eigenvalue weighted by molar-refractivity contribution is 5.62. The molecule has 0 bridgehead atoms. The predicted molar refractivity (Wildman–Crippen MR) is 116 cm³/mol. The van der Waals surface area contributed by atoms with Gasteiger partial charge in [-0.15, -0.1) is 0 Å². The minimum Gasteiger partial charge on any atom is -0.489 e. The molecule has 0 amide bonds. The SMILES string of the molecule is O[C@]1(c2ccccc2)CCN(CC2=Cc3ccccc3OC2)C[C@H]1N1CCCC1. The van der Waals surface area contributed by atoms with Gasteiger partial charge in [0.2, 0.25) is 0 Å². The monoisotopic (exact) mass is 390 g/mol. The van der Waals surface area contributed by atoms with Gasteiger partial charge in [-0.2, -0.15) is 0 Å². The van der Waals surface area contributed by atoms with Crippen molar-refractivity contribution >= 4 is 6.08 Å². The summed E-state index contributed by atoms with van der Waals surface area (Å²) in [5, 5.41) is 11.8. The van der Waals surface area contributed by atoms with E-state index in [1.807, 2.05) is 30.3 Å². The first kappa shape index (κ1) is 18.9. The van der Waals surface area contributed by atoms with Crippen molar-refractivity contribution in [2.45, 2.75) is 30.9 Å². The third-order valence-corrected chi connectivity index (χ3v) is 6.77. The summed E-state index contributed by atoms with van der Waals surface area (Å²) in [5.41, 5.74) is 2.77. The highest BCUT2D eigenvalue weighted by atomic mass is 16.5. The van der Waals surface area contributed by atoms with Crippen LogP contribution >= 0.6 is 0 Å². The lowest BCUT2D eigenvalue weighted by Crippen LogP contribution is -2.60. The molecule has 5 rings (SSSR count). The molecule has 3 aliphatic rings. The zero-order valence-electron chi connectivity index (χ0n) is 17.0. The molecule has 4 heteroatoms. The third kappa shape index (κ3) is 3.73.